The number of carbonyl (C=O) groups excluding carboxylic acids is 1. The van der Waals surface area contributed by atoms with Crippen LogP contribution in [0.3, 0.4) is 0 Å². The lowest BCUT2D eigenvalue weighted by Gasteiger charge is -2.33. The highest BCUT2D eigenvalue weighted by atomic mass is 32.1. The Morgan fingerprint density at radius 2 is 2.00 bits per heavy atom. The highest BCUT2D eigenvalue weighted by Gasteiger charge is 2.32. The van der Waals surface area contributed by atoms with E-state index in [1.54, 1.807) is 11.3 Å². The molecule has 1 N–H and O–H groups in total. The van der Waals surface area contributed by atoms with Gasteiger partial charge in [0.15, 0.2) is 0 Å². The van der Waals surface area contributed by atoms with E-state index in [1.165, 1.54) is 10.4 Å². The molecule has 1 amide bonds. The first-order chi connectivity index (χ1) is 12.3. The van der Waals surface area contributed by atoms with E-state index >= 15 is 0 Å². The van der Waals surface area contributed by atoms with E-state index in [-0.39, 0.29) is 11.3 Å². The number of nitrogens with one attached hydrogen (secondary N) is 1. The summed E-state index contributed by atoms with van der Waals surface area (Å²) in [6, 6.07) is 9.99. The molecule has 0 saturated carbocycles. The Labute approximate surface area is 160 Å². The van der Waals surface area contributed by atoms with Gasteiger partial charge in [-0.25, -0.2) is 0 Å². The van der Waals surface area contributed by atoms with Gasteiger partial charge in [-0.2, -0.15) is 5.26 Å². The first kappa shape index (κ1) is 18.7. The molecule has 0 radical (unpaired) electrons. The van der Waals surface area contributed by atoms with Crippen LogP contribution >= 0.6 is 11.3 Å². The molecule has 1 aliphatic rings. The molecule has 26 heavy (non-hydrogen) atoms. The molecule has 3 nitrogen and oxygen atoms in total. The predicted octanol–water partition coefficient (Wildman–Crippen LogP) is 5.59. The average Bonchev–Trinajstić information content (AvgIpc) is 2.97. The molecule has 1 heterocycles. The number of rotatable bonds is 3. The van der Waals surface area contributed by atoms with Crippen molar-refractivity contribution in [2.45, 2.75) is 53.4 Å². The van der Waals surface area contributed by atoms with Crippen molar-refractivity contribution in [2.75, 3.05) is 5.32 Å². The summed E-state index contributed by atoms with van der Waals surface area (Å²) in [5.74, 6) is 0.473. The van der Waals surface area contributed by atoms with Gasteiger partial charge in [0.25, 0.3) is 5.91 Å². The topological polar surface area (TPSA) is 52.9 Å². The Balaban J connectivity index is 1.84. The van der Waals surface area contributed by atoms with Gasteiger partial charge in [0.05, 0.1) is 5.56 Å². The molecular formula is C22H26N2OS. The standard InChI is InChI=1S/C22H26N2OS/c1-5-14-6-8-15(9-7-14)20(25)24-21-18(13-23)17-11-10-16(22(2,3)4)12-19(17)26-21/h6-9,16H,5,10-12H2,1-4H3,(H,24,25)/t16-/m0/s1. The highest BCUT2D eigenvalue weighted by molar-refractivity contribution is 7.16. The van der Waals surface area contributed by atoms with Crippen LogP contribution < -0.4 is 5.32 Å². The third-order valence-electron chi connectivity index (χ3n) is 5.45. The molecule has 0 saturated heterocycles. The zero-order chi connectivity index (χ0) is 18.9. The summed E-state index contributed by atoms with van der Waals surface area (Å²) in [5.41, 5.74) is 3.91. The van der Waals surface area contributed by atoms with Crippen molar-refractivity contribution in [3.05, 3.63) is 51.4 Å². The zero-order valence-corrected chi connectivity index (χ0v) is 16.8. The first-order valence-electron chi connectivity index (χ1n) is 9.28. The van der Waals surface area contributed by atoms with Crippen molar-refractivity contribution < 1.29 is 4.79 Å². The summed E-state index contributed by atoms with van der Waals surface area (Å²) >= 11 is 1.58. The number of anilines is 1. The van der Waals surface area contributed by atoms with Crippen molar-refractivity contribution >= 4 is 22.2 Å². The second-order valence-electron chi connectivity index (χ2n) is 8.13. The summed E-state index contributed by atoms with van der Waals surface area (Å²) in [4.78, 5) is 13.9. The van der Waals surface area contributed by atoms with Crippen LogP contribution in [0.5, 0.6) is 0 Å². The minimum atomic E-state index is -0.143. The van der Waals surface area contributed by atoms with E-state index < -0.39 is 0 Å². The van der Waals surface area contributed by atoms with Crippen LogP contribution in [0.4, 0.5) is 5.00 Å². The Morgan fingerprint density at radius 3 is 2.58 bits per heavy atom. The SMILES string of the molecule is CCc1ccc(C(=O)Nc2sc3c(c2C#N)CC[C@H](C(C)(C)C)C3)cc1. The van der Waals surface area contributed by atoms with Gasteiger partial charge in [0, 0.05) is 10.4 Å². The molecule has 136 valence electrons. The minimum Gasteiger partial charge on any atom is -0.312 e. The number of amides is 1. The fraction of sp³-hybridized carbons (Fsp3) is 0.455. The fourth-order valence-electron chi connectivity index (χ4n) is 3.60. The molecule has 1 atom stereocenters. The Morgan fingerprint density at radius 1 is 1.31 bits per heavy atom. The fourth-order valence-corrected chi connectivity index (χ4v) is 4.87. The Bertz CT molecular complexity index is 850. The molecule has 3 rings (SSSR count). The molecule has 1 aromatic carbocycles. The van der Waals surface area contributed by atoms with Gasteiger partial charge >= 0.3 is 0 Å². The number of nitrogens with zero attached hydrogens (tertiary/aromatic N) is 1. The van der Waals surface area contributed by atoms with Crippen molar-refractivity contribution in [2.24, 2.45) is 11.3 Å². The van der Waals surface area contributed by atoms with Crippen LogP contribution in [0.25, 0.3) is 0 Å². The first-order valence-corrected chi connectivity index (χ1v) is 10.1. The Hall–Kier alpha value is -2.12. The maximum atomic E-state index is 12.6. The van der Waals surface area contributed by atoms with Crippen molar-refractivity contribution in [3.8, 4) is 6.07 Å². The van der Waals surface area contributed by atoms with Gasteiger partial charge in [0.2, 0.25) is 0 Å². The van der Waals surface area contributed by atoms with Crippen molar-refractivity contribution in [1.82, 2.24) is 0 Å². The largest absolute Gasteiger partial charge is 0.312 e. The maximum absolute atomic E-state index is 12.6. The van der Waals surface area contributed by atoms with E-state index in [2.05, 4.69) is 39.1 Å². The molecule has 2 aromatic rings. The quantitative estimate of drug-likeness (QED) is 0.770. The molecule has 0 spiro atoms. The van der Waals surface area contributed by atoms with E-state index in [9.17, 15) is 10.1 Å². The number of nitriles is 1. The number of hydrogen-bond donors (Lipinski definition) is 1. The van der Waals surface area contributed by atoms with Gasteiger partial charge in [-0.3, -0.25) is 4.79 Å². The molecule has 4 heteroatoms. The van der Waals surface area contributed by atoms with Gasteiger partial charge in [-0.05, 0) is 60.3 Å². The summed E-state index contributed by atoms with van der Waals surface area (Å²) in [6.45, 7) is 8.94. The van der Waals surface area contributed by atoms with E-state index in [1.807, 2.05) is 24.3 Å². The minimum absolute atomic E-state index is 0.143. The van der Waals surface area contributed by atoms with Crippen LogP contribution in [0.15, 0.2) is 24.3 Å². The lowest BCUT2D eigenvalue weighted by molar-refractivity contribution is 0.102. The number of thiophene rings is 1. The number of carbonyl (C=O) groups is 1. The Kier molecular flexibility index (Phi) is 5.20. The molecule has 0 aliphatic heterocycles. The van der Waals surface area contributed by atoms with Crippen molar-refractivity contribution in [3.63, 3.8) is 0 Å². The van der Waals surface area contributed by atoms with Crippen LogP contribution in [0.2, 0.25) is 0 Å². The number of fused-ring (bicyclic) bond motifs is 1. The van der Waals surface area contributed by atoms with E-state index in [4.69, 9.17) is 0 Å². The third-order valence-corrected chi connectivity index (χ3v) is 6.62. The van der Waals surface area contributed by atoms with Gasteiger partial charge in [0.1, 0.15) is 11.1 Å². The van der Waals surface area contributed by atoms with Gasteiger partial charge in [-0.1, -0.05) is 39.8 Å². The maximum Gasteiger partial charge on any atom is 0.256 e. The third kappa shape index (κ3) is 3.68. The summed E-state index contributed by atoms with van der Waals surface area (Å²) < 4.78 is 0. The predicted molar refractivity (Wildman–Crippen MR) is 108 cm³/mol. The second kappa shape index (κ2) is 7.25. The van der Waals surface area contributed by atoms with Gasteiger partial charge in [-0.15, -0.1) is 11.3 Å². The molecule has 1 aromatic heterocycles. The van der Waals surface area contributed by atoms with Crippen LogP contribution in [-0.4, -0.2) is 5.91 Å². The highest BCUT2D eigenvalue weighted by Crippen LogP contribution is 2.44. The van der Waals surface area contributed by atoms with E-state index in [0.29, 0.717) is 22.0 Å². The number of hydrogen-bond acceptors (Lipinski definition) is 3. The lowest BCUT2D eigenvalue weighted by Crippen LogP contribution is -2.26. The van der Waals surface area contributed by atoms with Crippen molar-refractivity contribution in [1.29, 1.82) is 5.26 Å². The number of aryl methyl sites for hydroxylation is 1. The smallest absolute Gasteiger partial charge is 0.256 e. The monoisotopic (exact) mass is 366 g/mol. The molecule has 0 unspecified atom stereocenters. The second-order valence-corrected chi connectivity index (χ2v) is 9.24. The molecule has 1 aliphatic carbocycles. The van der Waals surface area contributed by atoms with E-state index in [0.717, 1.165) is 31.2 Å². The lowest BCUT2D eigenvalue weighted by atomic mass is 9.72. The summed E-state index contributed by atoms with van der Waals surface area (Å²) in [6.07, 6.45) is 3.98. The zero-order valence-electron chi connectivity index (χ0n) is 16.0. The summed E-state index contributed by atoms with van der Waals surface area (Å²) in [7, 11) is 0. The molecule has 0 bridgehead atoms. The normalized spacial score (nSPS) is 16.7. The van der Waals surface area contributed by atoms with Crippen LogP contribution in [0, 0.1) is 22.7 Å². The molecule has 0 fully saturated rings. The van der Waals surface area contributed by atoms with Crippen LogP contribution in [0.1, 0.15) is 66.0 Å². The average molecular weight is 367 g/mol. The van der Waals surface area contributed by atoms with Gasteiger partial charge < -0.3 is 5.32 Å². The summed E-state index contributed by atoms with van der Waals surface area (Å²) in [5, 5.41) is 13.3. The number of benzene rings is 1. The van der Waals surface area contributed by atoms with Crippen LogP contribution in [-0.2, 0) is 19.3 Å². The molecular weight excluding hydrogens is 340 g/mol.